The van der Waals surface area contributed by atoms with Crippen LogP contribution in [-0.4, -0.2) is 30.8 Å². The molecule has 2 N–H and O–H groups in total. The fourth-order valence-corrected chi connectivity index (χ4v) is 2.09. The molecule has 0 bridgehead atoms. The number of aliphatic hydroxyl groups excluding tert-OH is 1. The van der Waals surface area contributed by atoms with Crippen LogP contribution in [-0.2, 0) is 16.6 Å². The van der Waals surface area contributed by atoms with E-state index in [-0.39, 0.29) is 11.3 Å². The van der Waals surface area contributed by atoms with Gasteiger partial charge in [0.25, 0.3) is 0 Å². The van der Waals surface area contributed by atoms with Crippen LogP contribution < -0.4 is 10.1 Å². The first-order chi connectivity index (χ1) is 8.53. The molecule has 1 aliphatic heterocycles. The summed E-state index contributed by atoms with van der Waals surface area (Å²) >= 11 is 0. The molecule has 1 aromatic carbocycles. The summed E-state index contributed by atoms with van der Waals surface area (Å²) in [6.45, 7) is 4.94. The van der Waals surface area contributed by atoms with Crippen molar-refractivity contribution in [1.82, 2.24) is 5.32 Å². The van der Waals surface area contributed by atoms with Gasteiger partial charge in [0, 0.05) is 18.4 Å². The quantitative estimate of drug-likeness (QED) is 0.837. The normalized spacial score (nSPS) is 13.9. The Balaban J connectivity index is 2.11. The van der Waals surface area contributed by atoms with E-state index in [1.165, 1.54) is 11.1 Å². The van der Waals surface area contributed by atoms with Crippen LogP contribution in [0.2, 0.25) is 0 Å². The van der Waals surface area contributed by atoms with Crippen molar-refractivity contribution in [2.24, 2.45) is 0 Å². The van der Waals surface area contributed by atoms with Crippen LogP contribution in [0, 0.1) is 0 Å². The standard InChI is InChI=1S/C14H19NO3/c1-14(2,9-15-13(17)8-16)11-3-4-12-10(7-11)5-6-18-12/h3-4,7,16H,5-6,8-9H2,1-2H3,(H,15,17). The minimum atomic E-state index is -0.464. The molecule has 0 saturated carbocycles. The zero-order chi connectivity index (χ0) is 13.2. The van der Waals surface area contributed by atoms with E-state index in [2.05, 4.69) is 25.2 Å². The predicted octanol–water partition coefficient (Wildman–Crippen LogP) is 1.01. The second kappa shape index (κ2) is 4.98. The zero-order valence-corrected chi connectivity index (χ0v) is 10.8. The van der Waals surface area contributed by atoms with Crippen LogP contribution in [0.3, 0.4) is 0 Å². The van der Waals surface area contributed by atoms with Crippen molar-refractivity contribution in [1.29, 1.82) is 0 Å². The Morgan fingerprint density at radius 1 is 1.50 bits per heavy atom. The summed E-state index contributed by atoms with van der Waals surface area (Å²) in [7, 11) is 0. The number of hydrogen-bond acceptors (Lipinski definition) is 3. The fourth-order valence-electron chi connectivity index (χ4n) is 2.09. The van der Waals surface area contributed by atoms with Crippen LogP contribution >= 0.6 is 0 Å². The van der Waals surface area contributed by atoms with Crippen LogP contribution in [0.5, 0.6) is 5.75 Å². The van der Waals surface area contributed by atoms with E-state index in [9.17, 15) is 4.79 Å². The number of nitrogens with one attached hydrogen (secondary N) is 1. The summed E-state index contributed by atoms with van der Waals surface area (Å²) in [5, 5.41) is 11.4. The second-order valence-corrected chi connectivity index (χ2v) is 5.24. The highest BCUT2D eigenvalue weighted by Gasteiger charge is 2.23. The first-order valence-electron chi connectivity index (χ1n) is 6.17. The number of amides is 1. The topological polar surface area (TPSA) is 58.6 Å². The van der Waals surface area contributed by atoms with Crippen molar-refractivity contribution in [3.63, 3.8) is 0 Å². The minimum Gasteiger partial charge on any atom is -0.493 e. The van der Waals surface area contributed by atoms with Gasteiger partial charge in [0.05, 0.1) is 6.61 Å². The van der Waals surface area contributed by atoms with E-state index in [1.54, 1.807) is 0 Å². The van der Waals surface area contributed by atoms with Crippen molar-refractivity contribution in [2.45, 2.75) is 25.7 Å². The summed E-state index contributed by atoms with van der Waals surface area (Å²) in [5.41, 5.74) is 2.24. The molecule has 1 amide bonds. The lowest BCUT2D eigenvalue weighted by atomic mass is 9.83. The number of hydrogen-bond donors (Lipinski definition) is 2. The van der Waals surface area contributed by atoms with Gasteiger partial charge in [-0.05, 0) is 17.2 Å². The van der Waals surface area contributed by atoms with Crippen LogP contribution in [0.25, 0.3) is 0 Å². The van der Waals surface area contributed by atoms with Crippen molar-refractivity contribution in [3.05, 3.63) is 29.3 Å². The first-order valence-corrected chi connectivity index (χ1v) is 6.17. The smallest absolute Gasteiger partial charge is 0.245 e. The molecule has 4 nitrogen and oxygen atoms in total. The Morgan fingerprint density at radius 3 is 3.00 bits per heavy atom. The van der Waals surface area contributed by atoms with Gasteiger partial charge in [-0.2, -0.15) is 0 Å². The van der Waals surface area contributed by atoms with Gasteiger partial charge in [-0.15, -0.1) is 0 Å². The number of carbonyl (C=O) groups is 1. The lowest BCUT2D eigenvalue weighted by Crippen LogP contribution is -2.37. The summed E-state index contributed by atoms with van der Waals surface area (Å²) in [5.74, 6) is 0.626. The van der Waals surface area contributed by atoms with Gasteiger partial charge in [-0.3, -0.25) is 4.79 Å². The number of fused-ring (bicyclic) bond motifs is 1. The SMILES string of the molecule is CC(C)(CNC(=O)CO)c1ccc2c(c1)CCO2. The van der Waals surface area contributed by atoms with E-state index in [0.717, 1.165) is 18.8 Å². The zero-order valence-electron chi connectivity index (χ0n) is 10.8. The third kappa shape index (κ3) is 2.64. The van der Waals surface area contributed by atoms with Gasteiger partial charge in [0.2, 0.25) is 5.91 Å². The summed E-state index contributed by atoms with van der Waals surface area (Å²) < 4.78 is 5.48. The maximum atomic E-state index is 11.1. The van der Waals surface area contributed by atoms with E-state index < -0.39 is 6.61 Å². The molecule has 0 atom stereocenters. The molecule has 0 radical (unpaired) electrons. The molecule has 2 rings (SSSR count). The second-order valence-electron chi connectivity index (χ2n) is 5.24. The van der Waals surface area contributed by atoms with E-state index >= 15 is 0 Å². The summed E-state index contributed by atoms with van der Waals surface area (Å²) in [6, 6.07) is 6.18. The van der Waals surface area contributed by atoms with Crippen molar-refractivity contribution < 1.29 is 14.6 Å². The molecule has 0 aliphatic carbocycles. The molecule has 0 spiro atoms. The van der Waals surface area contributed by atoms with Crippen molar-refractivity contribution >= 4 is 5.91 Å². The van der Waals surface area contributed by atoms with Gasteiger partial charge < -0.3 is 15.2 Å². The third-order valence-electron chi connectivity index (χ3n) is 3.34. The monoisotopic (exact) mass is 249 g/mol. The molecular formula is C14H19NO3. The minimum absolute atomic E-state index is 0.164. The summed E-state index contributed by atoms with van der Waals surface area (Å²) in [4.78, 5) is 11.1. The Labute approximate surface area is 107 Å². The van der Waals surface area contributed by atoms with E-state index in [4.69, 9.17) is 9.84 Å². The van der Waals surface area contributed by atoms with Gasteiger partial charge >= 0.3 is 0 Å². The van der Waals surface area contributed by atoms with Gasteiger partial charge in [0.1, 0.15) is 12.4 Å². The molecule has 18 heavy (non-hydrogen) atoms. The Kier molecular flexibility index (Phi) is 3.57. The highest BCUT2D eigenvalue weighted by atomic mass is 16.5. The molecule has 1 aliphatic rings. The molecule has 0 aromatic heterocycles. The average Bonchev–Trinajstić information content (AvgIpc) is 2.83. The van der Waals surface area contributed by atoms with Crippen LogP contribution in [0.4, 0.5) is 0 Å². The van der Waals surface area contributed by atoms with E-state index in [0.29, 0.717) is 6.54 Å². The number of rotatable bonds is 4. The lowest BCUT2D eigenvalue weighted by molar-refractivity contribution is -0.124. The maximum Gasteiger partial charge on any atom is 0.245 e. The number of benzene rings is 1. The highest BCUT2D eigenvalue weighted by Crippen LogP contribution is 2.31. The van der Waals surface area contributed by atoms with Gasteiger partial charge in [0.15, 0.2) is 0 Å². The van der Waals surface area contributed by atoms with E-state index in [1.807, 2.05) is 12.1 Å². The molecule has 4 heteroatoms. The Morgan fingerprint density at radius 2 is 2.28 bits per heavy atom. The number of aliphatic hydroxyl groups is 1. The average molecular weight is 249 g/mol. The lowest BCUT2D eigenvalue weighted by Gasteiger charge is -2.26. The molecule has 98 valence electrons. The Hall–Kier alpha value is -1.55. The number of carbonyl (C=O) groups excluding carboxylic acids is 1. The molecule has 1 aromatic rings. The molecule has 0 saturated heterocycles. The third-order valence-corrected chi connectivity index (χ3v) is 3.34. The van der Waals surface area contributed by atoms with Crippen LogP contribution in [0.15, 0.2) is 18.2 Å². The largest absolute Gasteiger partial charge is 0.493 e. The molecule has 0 unspecified atom stereocenters. The van der Waals surface area contributed by atoms with Crippen molar-refractivity contribution in [2.75, 3.05) is 19.8 Å². The first kappa shape index (κ1) is 12.9. The van der Waals surface area contributed by atoms with Crippen molar-refractivity contribution in [3.8, 4) is 5.75 Å². The predicted molar refractivity (Wildman–Crippen MR) is 68.8 cm³/mol. The highest BCUT2D eigenvalue weighted by molar-refractivity contribution is 5.77. The molecular weight excluding hydrogens is 230 g/mol. The number of ether oxygens (including phenoxy) is 1. The van der Waals surface area contributed by atoms with Crippen LogP contribution in [0.1, 0.15) is 25.0 Å². The molecule has 1 heterocycles. The fraction of sp³-hybridized carbons (Fsp3) is 0.500. The summed E-state index contributed by atoms with van der Waals surface area (Å²) in [6.07, 6.45) is 0.947. The Bertz CT molecular complexity index is 454. The maximum absolute atomic E-state index is 11.1. The van der Waals surface area contributed by atoms with Gasteiger partial charge in [-0.1, -0.05) is 26.0 Å². The molecule has 0 fully saturated rings. The van der Waals surface area contributed by atoms with Gasteiger partial charge in [-0.25, -0.2) is 0 Å².